The molecule has 0 bridgehead atoms. The highest BCUT2D eigenvalue weighted by molar-refractivity contribution is 7.98. The third-order valence-corrected chi connectivity index (χ3v) is 5.29. The number of thioether (sulfide) groups is 1. The van der Waals surface area contributed by atoms with Crippen LogP contribution in [0.15, 0.2) is 55.5 Å². The molecule has 0 N–H and O–H groups in total. The molecule has 3 aromatic heterocycles. The molecule has 3 heterocycles. The fraction of sp³-hybridized carbons (Fsp3) is 0.263. The summed E-state index contributed by atoms with van der Waals surface area (Å²) in [6, 6.07) is 8.66. The second-order valence-corrected chi connectivity index (χ2v) is 7.90. The van der Waals surface area contributed by atoms with Gasteiger partial charge in [-0.05, 0) is 30.3 Å². The standard InChI is InChI=1S/C19H17ClN4O3S/c1-11(2)17-22-16(23-27-17)10-28-19-21-15-8-12(20)5-6-14(15)18(25)24(19)9-13-4-3-7-26-13/h3-8,11H,9-10H2,1-2H3. The first-order valence-electron chi connectivity index (χ1n) is 8.69. The highest BCUT2D eigenvalue weighted by Crippen LogP contribution is 2.24. The van der Waals surface area contributed by atoms with Crippen molar-refractivity contribution < 1.29 is 8.94 Å². The number of halogens is 1. The van der Waals surface area contributed by atoms with Crippen LogP contribution in [0.2, 0.25) is 5.02 Å². The molecule has 0 amide bonds. The van der Waals surface area contributed by atoms with E-state index in [-0.39, 0.29) is 18.0 Å². The summed E-state index contributed by atoms with van der Waals surface area (Å²) < 4.78 is 12.2. The molecule has 0 aliphatic heterocycles. The summed E-state index contributed by atoms with van der Waals surface area (Å²) in [5.74, 6) is 2.39. The van der Waals surface area contributed by atoms with Crippen LogP contribution in [0.3, 0.4) is 0 Å². The van der Waals surface area contributed by atoms with Gasteiger partial charge in [-0.2, -0.15) is 4.98 Å². The molecular formula is C19H17ClN4O3S. The van der Waals surface area contributed by atoms with Crippen LogP contribution in [0.25, 0.3) is 10.9 Å². The van der Waals surface area contributed by atoms with Gasteiger partial charge in [0.05, 0.1) is 29.5 Å². The van der Waals surface area contributed by atoms with Crippen molar-refractivity contribution in [3.05, 3.63) is 69.4 Å². The normalized spacial score (nSPS) is 11.6. The summed E-state index contributed by atoms with van der Waals surface area (Å²) in [4.78, 5) is 22.1. The number of hydrogen-bond donors (Lipinski definition) is 0. The van der Waals surface area contributed by atoms with E-state index in [1.807, 2.05) is 19.9 Å². The van der Waals surface area contributed by atoms with E-state index in [0.29, 0.717) is 44.3 Å². The number of rotatable bonds is 6. The highest BCUT2D eigenvalue weighted by atomic mass is 35.5. The average molecular weight is 417 g/mol. The molecule has 0 saturated carbocycles. The summed E-state index contributed by atoms with van der Waals surface area (Å²) in [7, 11) is 0. The summed E-state index contributed by atoms with van der Waals surface area (Å²) >= 11 is 7.44. The van der Waals surface area contributed by atoms with E-state index < -0.39 is 0 Å². The van der Waals surface area contributed by atoms with Gasteiger partial charge in [-0.3, -0.25) is 9.36 Å². The Bertz CT molecular complexity index is 1170. The molecule has 0 atom stereocenters. The lowest BCUT2D eigenvalue weighted by molar-refractivity contribution is 0.362. The fourth-order valence-corrected chi connectivity index (χ4v) is 3.68. The Kier molecular flexibility index (Phi) is 5.23. The third kappa shape index (κ3) is 3.83. The van der Waals surface area contributed by atoms with E-state index >= 15 is 0 Å². The Labute approximate surface area is 169 Å². The lowest BCUT2D eigenvalue weighted by atomic mass is 10.2. The fourth-order valence-electron chi connectivity index (χ4n) is 2.67. The predicted molar refractivity (Wildman–Crippen MR) is 107 cm³/mol. The van der Waals surface area contributed by atoms with Gasteiger partial charge in [0.2, 0.25) is 5.89 Å². The Morgan fingerprint density at radius 2 is 2.11 bits per heavy atom. The Hall–Kier alpha value is -2.58. The van der Waals surface area contributed by atoms with Crippen molar-refractivity contribution >= 4 is 34.3 Å². The molecule has 0 aliphatic rings. The number of benzene rings is 1. The zero-order valence-electron chi connectivity index (χ0n) is 15.3. The van der Waals surface area contributed by atoms with Crippen LogP contribution in [0.4, 0.5) is 0 Å². The van der Waals surface area contributed by atoms with Gasteiger partial charge < -0.3 is 8.94 Å². The molecular weight excluding hydrogens is 400 g/mol. The molecule has 9 heteroatoms. The van der Waals surface area contributed by atoms with Crippen molar-refractivity contribution in [2.45, 2.75) is 37.2 Å². The van der Waals surface area contributed by atoms with Crippen molar-refractivity contribution in [3.8, 4) is 0 Å². The number of hydrogen-bond acceptors (Lipinski definition) is 7. The minimum Gasteiger partial charge on any atom is -0.467 e. The average Bonchev–Trinajstić information content (AvgIpc) is 3.34. The number of nitrogens with zero attached hydrogens (tertiary/aromatic N) is 4. The van der Waals surface area contributed by atoms with Crippen LogP contribution in [-0.2, 0) is 12.3 Å². The molecule has 0 aliphatic carbocycles. The second-order valence-electron chi connectivity index (χ2n) is 6.52. The van der Waals surface area contributed by atoms with Gasteiger partial charge in [0.1, 0.15) is 5.76 Å². The van der Waals surface area contributed by atoms with E-state index in [0.717, 1.165) is 0 Å². The van der Waals surface area contributed by atoms with Gasteiger partial charge in [-0.25, -0.2) is 4.98 Å². The molecule has 1 aromatic carbocycles. The number of furan rings is 1. The maximum absolute atomic E-state index is 13.1. The molecule has 28 heavy (non-hydrogen) atoms. The van der Waals surface area contributed by atoms with Crippen LogP contribution in [-0.4, -0.2) is 19.7 Å². The Morgan fingerprint density at radius 1 is 1.25 bits per heavy atom. The number of fused-ring (bicyclic) bond motifs is 1. The van der Waals surface area contributed by atoms with Crippen LogP contribution in [0, 0.1) is 0 Å². The predicted octanol–water partition coefficient (Wildman–Crippen LogP) is 4.49. The van der Waals surface area contributed by atoms with Crippen LogP contribution in [0.1, 0.15) is 37.2 Å². The second kappa shape index (κ2) is 7.81. The molecule has 7 nitrogen and oxygen atoms in total. The Balaban J connectivity index is 1.72. The van der Waals surface area contributed by atoms with Gasteiger partial charge in [-0.15, -0.1) is 0 Å². The summed E-state index contributed by atoms with van der Waals surface area (Å²) in [6.45, 7) is 4.25. The van der Waals surface area contributed by atoms with Crippen molar-refractivity contribution in [1.29, 1.82) is 0 Å². The zero-order valence-corrected chi connectivity index (χ0v) is 16.8. The molecule has 0 fully saturated rings. The van der Waals surface area contributed by atoms with Crippen molar-refractivity contribution in [2.24, 2.45) is 0 Å². The van der Waals surface area contributed by atoms with E-state index in [4.69, 9.17) is 20.5 Å². The monoisotopic (exact) mass is 416 g/mol. The van der Waals surface area contributed by atoms with Crippen molar-refractivity contribution in [3.63, 3.8) is 0 Å². The van der Waals surface area contributed by atoms with E-state index in [2.05, 4.69) is 15.1 Å². The third-order valence-electron chi connectivity index (χ3n) is 4.08. The first-order chi connectivity index (χ1) is 13.5. The van der Waals surface area contributed by atoms with Gasteiger partial charge in [-0.1, -0.05) is 42.4 Å². The molecule has 4 rings (SSSR count). The molecule has 0 radical (unpaired) electrons. The first-order valence-corrected chi connectivity index (χ1v) is 10.1. The van der Waals surface area contributed by atoms with Gasteiger partial charge in [0.25, 0.3) is 5.56 Å². The van der Waals surface area contributed by atoms with Crippen LogP contribution in [0.5, 0.6) is 0 Å². The lowest BCUT2D eigenvalue weighted by Crippen LogP contribution is -2.23. The smallest absolute Gasteiger partial charge is 0.262 e. The van der Waals surface area contributed by atoms with Gasteiger partial charge in [0.15, 0.2) is 11.0 Å². The van der Waals surface area contributed by atoms with Crippen molar-refractivity contribution in [1.82, 2.24) is 19.7 Å². The minimum absolute atomic E-state index is 0.156. The topological polar surface area (TPSA) is 87.0 Å². The summed E-state index contributed by atoms with van der Waals surface area (Å²) in [6.07, 6.45) is 1.58. The molecule has 4 aromatic rings. The summed E-state index contributed by atoms with van der Waals surface area (Å²) in [5, 5.41) is 5.56. The molecule has 0 saturated heterocycles. The zero-order chi connectivity index (χ0) is 19.7. The largest absolute Gasteiger partial charge is 0.467 e. The van der Waals surface area contributed by atoms with Crippen molar-refractivity contribution in [2.75, 3.05) is 0 Å². The van der Waals surface area contributed by atoms with Gasteiger partial charge in [0, 0.05) is 10.9 Å². The lowest BCUT2D eigenvalue weighted by Gasteiger charge is -2.11. The Morgan fingerprint density at radius 3 is 2.82 bits per heavy atom. The molecule has 0 spiro atoms. The van der Waals surface area contributed by atoms with Gasteiger partial charge >= 0.3 is 0 Å². The molecule has 144 valence electrons. The molecule has 0 unspecified atom stereocenters. The van der Waals surface area contributed by atoms with E-state index in [1.54, 1.807) is 35.1 Å². The van der Waals surface area contributed by atoms with Crippen LogP contribution >= 0.6 is 23.4 Å². The van der Waals surface area contributed by atoms with E-state index in [1.165, 1.54) is 11.8 Å². The van der Waals surface area contributed by atoms with E-state index in [9.17, 15) is 4.79 Å². The quantitative estimate of drug-likeness (QED) is 0.338. The highest BCUT2D eigenvalue weighted by Gasteiger charge is 2.16. The summed E-state index contributed by atoms with van der Waals surface area (Å²) in [5.41, 5.74) is 0.392. The first kappa shape index (κ1) is 18.8. The maximum Gasteiger partial charge on any atom is 0.262 e. The SMILES string of the molecule is CC(C)c1nc(CSc2nc3cc(Cl)ccc3c(=O)n2Cc2ccco2)no1. The maximum atomic E-state index is 13.1. The van der Waals surface area contributed by atoms with Crippen LogP contribution < -0.4 is 5.56 Å². The minimum atomic E-state index is -0.156. The number of aromatic nitrogens is 4.